The highest BCUT2D eigenvalue weighted by Gasteiger charge is 2.06. The van der Waals surface area contributed by atoms with Gasteiger partial charge in [0.05, 0.1) is 17.7 Å². The fourth-order valence-electron chi connectivity index (χ4n) is 1.26. The zero-order chi connectivity index (χ0) is 9.97. The second-order valence-electron chi connectivity index (χ2n) is 2.84. The minimum Gasteiger partial charge on any atom is -0.462 e. The highest BCUT2D eigenvalue weighted by Crippen LogP contribution is 2.07. The van der Waals surface area contributed by atoms with Crippen LogP contribution in [0.1, 0.15) is 17.3 Å². The van der Waals surface area contributed by atoms with Crippen molar-refractivity contribution < 1.29 is 9.53 Å². The molecule has 4 heteroatoms. The topological polar surface area (TPSA) is 43.6 Å². The number of nitrogens with zero attached hydrogens (tertiary/aromatic N) is 2. The second-order valence-corrected chi connectivity index (χ2v) is 2.84. The molecule has 4 nitrogen and oxygen atoms in total. The molecule has 0 N–H and O–H groups in total. The number of rotatable bonds is 2. The Bertz CT molecular complexity index is 462. The molecule has 0 aliphatic heterocycles. The fraction of sp³-hybridized carbons (Fsp3) is 0.200. The van der Waals surface area contributed by atoms with Crippen LogP contribution in [0.3, 0.4) is 0 Å². The third-order valence-corrected chi connectivity index (χ3v) is 1.91. The Morgan fingerprint density at radius 1 is 1.57 bits per heavy atom. The predicted octanol–water partition coefficient (Wildman–Crippen LogP) is 1.51. The molecule has 0 radical (unpaired) electrons. The molecule has 0 fully saturated rings. The molecule has 2 rings (SSSR count). The molecule has 2 aromatic heterocycles. The summed E-state index contributed by atoms with van der Waals surface area (Å²) in [5.41, 5.74) is 1.44. The van der Waals surface area contributed by atoms with Gasteiger partial charge in [-0.05, 0) is 25.1 Å². The number of carbonyl (C=O) groups is 1. The quantitative estimate of drug-likeness (QED) is 0.674. The van der Waals surface area contributed by atoms with Crippen molar-refractivity contribution in [2.24, 2.45) is 0 Å². The molecule has 0 aromatic carbocycles. The van der Waals surface area contributed by atoms with Gasteiger partial charge in [0.2, 0.25) is 0 Å². The zero-order valence-corrected chi connectivity index (χ0v) is 7.80. The van der Waals surface area contributed by atoms with Crippen LogP contribution in [0.5, 0.6) is 0 Å². The molecule has 2 aromatic rings. The first kappa shape index (κ1) is 8.74. The lowest BCUT2D eigenvalue weighted by molar-refractivity contribution is 0.0526. The maximum Gasteiger partial charge on any atom is 0.338 e. The normalized spacial score (nSPS) is 10.4. The van der Waals surface area contributed by atoms with Crippen LogP contribution in [0, 0.1) is 0 Å². The molecule has 0 atom stereocenters. The van der Waals surface area contributed by atoms with Gasteiger partial charge in [0.15, 0.2) is 0 Å². The van der Waals surface area contributed by atoms with Crippen molar-refractivity contribution in [3.63, 3.8) is 0 Å². The number of aromatic nitrogens is 2. The summed E-state index contributed by atoms with van der Waals surface area (Å²) >= 11 is 0. The number of fused-ring (bicyclic) bond motifs is 1. The van der Waals surface area contributed by atoms with Crippen molar-refractivity contribution in [2.45, 2.75) is 6.92 Å². The number of hydrogen-bond donors (Lipinski definition) is 0. The molecule has 0 amide bonds. The molecule has 0 saturated carbocycles. The Morgan fingerprint density at radius 2 is 2.43 bits per heavy atom. The smallest absolute Gasteiger partial charge is 0.338 e. The maximum absolute atomic E-state index is 11.4. The summed E-state index contributed by atoms with van der Waals surface area (Å²) in [4.78, 5) is 11.4. The van der Waals surface area contributed by atoms with Crippen molar-refractivity contribution in [1.82, 2.24) is 9.61 Å². The van der Waals surface area contributed by atoms with E-state index in [0.29, 0.717) is 12.2 Å². The van der Waals surface area contributed by atoms with E-state index >= 15 is 0 Å². The van der Waals surface area contributed by atoms with Crippen molar-refractivity contribution in [3.05, 3.63) is 36.2 Å². The van der Waals surface area contributed by atoms with Crippen molar-refractivity contribution in [2.75, 3.05) is 6.61 Å². The van der Waals surface area contributed by atoms with Crippen LogP contribution in [0.2, 0.25) is 0 Å². The van der Waals surface area contributed by atoms with Crippen LogP contribution < -0.4 is 0 Å². The summed E-state index contributed by atoms with van der Waals surface area (Å²) in [5.74, 6) is -0.295. The van der Waals surface area contributed by atoms with Gasteiger partial charge in [0.1, 0.15) is 0 Å². The molecule has 72 valence electrons. The van der Waals surface area contributed by atoms with Crippen LogP contribution in [0.15, 0.2) is 30.6 Å². The summed E-state index contributed by atoms with van der Waals surface area (Å²) < 4.78 is 6.58. The molecule has 2 heterocycles. The van der Waals surface area contributed by atoms with E-state index in [1.165, 1.54) is 0 Å². The fourth-order valence-corrected chi connectivity index (χ4v) is 1.26. The van der Waals surface area contributed by atoms with Gasteiger partial charge >= 0.3 is 5.97 Å². The van der Waals surface area contributed by atoms with Gasteiger partial charge in [-0.2, -0.15) is 5.10 Å². The van der Waals surface area contributed by atoms with Crippen LogP contribution in [0.4, 0.5) is 0 Å². The van der Waals surface area contributed by atoms with E-state index in [4.69, 9.17) is 4.74 Å². The summed E-state index contributed by atoms with van der Waals surface area (Å²) in [6.07, 6.45) is 3.42. The Hall–Kier alpha value is -1.84. The van der Waals surface area contributed by atoms with Gasteiger partial charge < -0.3 is 4.74 Å². The number of pyridine rings is 1. The van der Waals surface area contributed by atoms with Crippen LogP contribution in [-0.2, 0) is 4.74 Å². The monoisotopic (exact) mass is 190 g/mol. The third-order valence-electron chi connectivity index (χ3n) is 1.91. The van der Waals surface area contributed by atoms with Gasteiger partial charge in [-0.25, -0.2) is 9.31 Å². The first-order chi connectivity index (χ1) is 6.81. The number of esters is 1. The van der Waals surface area contributed by atoms with E-state index in [1.54, 1.807) is 36.0 Å². The minimum absolute atomic E-state index is 0.295. The van der Waals surface area contributed by atoms with Crippen LogP contribution in [-0.4, -0.2) is 22.2 Å². The summed E-state index contributed by atoms with van der Waals surface area (Å²) in [5, 5.41) is 4.03. The highest BCUT2D eigenvalue weighted by molar-refractivity contribution is 5.90. The van der Waals surface area contributed by atoms with Crippen LogP contribution >= 0.6 is 0 Å². The lowest BCUT2D eigenvalue weighted by atomic mass is 10.2. The molecule has 0 bridgehead atoms. The summed E-state index contributed by atoms with van der Waals surface area (Å²) in [7, 11) is 0. The van der Waals surface area contributed by atoms with Crippen LogP contribution in [0.25, 0.3) is 5.52 Å². The number of ether oxygens (including phenoxy) is 1. The molecule has 0 spiro atoms. The lowest BCUT2D eigenvalue weighted by Crippen LogP contribution is -2.05. The number of hydrogen-bond acceptors (Lipinski definition) is 3. The lowest BCUT2D eigenvalue weighted by Gasteiger charge is -2.01. The van der Waals surface area contributed by atoms with Gasteiger partial charge in [-0.15, -0.1) is 0 Å². The second kappa shape index (κ2) is 3.49. The Morgan fingerprint density at radius 3 is 3.21 bits per heavy atom. The van der Waals surface area contributed by atoms with Gasteiger partial charge in [-0.3, -0.25) is 0 Å². The largest absolute Gasteiger partial charge is 0.462 e. The van der Waals surface area contributed by atoms with E-state index in [-0.39, 0.29) is 5.97 Å². The third kappa shape index (κ3) is 1.46. The van der Waals surface area contributed by atoms with E-state index in [1.807, 2.05) is 6.07 Å². The predicted molar refractivity (Wildman–Crippen MR) is 51.1 cm³/mol. The minimum atomic E-state index is -0.295. The Labute approximate surface area is 81.1 Å². The Kier molecular flexibility index (Phi) is 2.18. The standard InChI is InChI=1S/C10H10N2O2/c1-2-14-10(13)8-4-6-12-9(7-8)3-5-11-12/h3-7H,2H2,1H3. The highest BCUT2D eigenvalue weighted by atomic mass is 16.5. The zero-order valence-electron chi connectivity index (χ0n) is 7.80. The van der Waals surface area contributed by atoms with Gasteiger partial charge in [-0.1, -0.05) is 0 Å². The van der Waals surface area contributed by atoms with Gasteiger partial charge in [0.25, 0.3) is 0 Å². The van der Waals surface area contributed by atoms with Crippen molar-refractivity contribution >= 4 is 11.5 Å². The van der Waals surface area contributed by atoms with Gasteiger partial charge in [0, 0.05) is 12.4 Å². The molecular formula is C10H10N2O2. The SMILES string of the molecule is CCOC(=O)c1ccn2nccc2c1. The molecular weight excluding hydrogens is 180 g/mol. The van der Waals surface area contributed by atoms with Crippen molar-refractivity contribution in [1.29, 1.82) is 0 Å². The maximum atomic E-state index is 11.4. The summed E-state index contributed by atoms with van der Waals surface area (Å²) in [6.45, 7) is 2.18. The first-order valence-electron chi connectivity index (χ1n) is 4.42. The van der Waals surface area contributed by atoms with E-state index in [2.05, 4.69) is 5.10 Å². The van der Waals surface area contributed by atoms with E-state index in [9.17, 15) is 4.79 Å². The first-order valence-corrected chi connectivity index (χ1v) is 4.42. The summed E-state index contributed by atoms with van der Waals surface area (Å²) in [6, 6.07) is 5.28. The van der Waals surface area contributed by atoms with Crippen molar-refractivity contribution in [3.8, 4) is 0 Å². The molecule has 0 aliphatic rings. The van der Waals surface area contributed by atoms with E-state index in [0.717, 1.165) is 5.52 Å². The molecule has 14 heavy (non-hydrogen) atoms. The number of carbonyl (C=O) groups excluding carboxylic acids is 1. The average Bonchev–Trinajstić information content (AvgIpc) is 2.64. The van der Waals surface area contributed by atoms with E-state index < -0.39 is 0 Å². The molecule has 0 unspecified atom stereocenters. The molecule has 0 aliphatic carbocycles. The molecule has 0 saturated heterocycles. The average molecular weight is 190 g/mol. The Balaban J connectivity index is 2.38.